The molecular formula is C17H22N2O3. The van der Waals surface area contributed by atoms with Crippen LogP contribution in [0.3, 0.4) is 0 Å². The average molecular weight is 302 g/mol. The normalized spacial score (nSPS) is 32.0. The van der Waals surface area contributed by atoms with Crippen molar-refractivity contribution in [3.8, 4) is 0 Å². The fourth-order valence-electron chi connectivity index (χ4n) is 3.68. The van der Waals surface area contributed by atoms with Gasteiger partial charge in [0.1, 0.15) is 6.10 Å². The van der Waals surface area contributed by atoms with E-state index in [1.54, 1.807) is 0 Å². The number of esters is 1. The summed E-state index contributed by atoms with van der Waals surface area (Å²) in [4.78, 5) is 14.4. The van der Waals surface area contributed by atoms with Crippen LogP contribution < -0.4 is 5.32 Å². The molecular weight excluding hydrogens is 280 g/mol. The lowest BCUT2D eigenvalue weighted by atomic mass is 9.94. The molecule has 0 aliphatic carbocycles. The molecule has 1 aromatic carbocycles. The van der Waals surface area contributed by atoms with E-state index < -0.39 is 0 Å². The number of nitrogens with one attached hydrogen (secondary N) is 1. The SMILES string of the molecule is CC1Cc2cc([C@@H]3CN4CCNC[C@@H]4CO3)ccc2C(=O)O1. The first-order valence-electron chi connectivity index (χ1n) is 8.11. The van der Waals surface area contributed by atoms with Crippen LogP contribution in [0.5, 0.6) is 0 Å². The highest BCUT2D eigenvalue weighted by atomic mass is 16.5. The Morgan fingerprint density at radius 2 is 2.27 bits per heavy atom. The molecule has 0 amide bonds. The molecule has 3 aliphatic rings. The Kier molecular flexibility index (Phi) is 3.64. The monoisotopic (exact) mass is 302 g/mol. The second-order valence-electron chi connectivity index (χ2n) is 6.51. The van der Waals surface area contributed by atoms with Gasteiger partial charge in [-0.1, -0.05) is 12.1 Å². The van der Waals surface area contributed by atoms with Crippen molar-refractivity contribution in [1.29, 1.82) is 0 Å². The van der Waals surface area contributed by atoms with Crippen LogP contribution in [-0.2, 0) is 15.9 Å². The van der Waals surface area contributed by atoms with Gasteiger partial charge in [0, 0.05) is 38.6 Å². The van der Waals surface area contributed by atoms with Crippen LogP contribution in [0.2, 0.25) is 0 Å². The summed E-state index contributed by atoms with van der Waals surface area (Å²) in [6.07, 6.45) is 0.853. The standard InChI is InChI=1S/C17H22N2O3/c1-11-6-13-7-12(2-3-15(13)17(20)22-11)16-9-19-5-4-18-8-14(19)10-21-16/h2-3,7,11,14,16,18H,4-6,8-10H2,1H3/t11?,14-,16+/m1/s1. The van der Waals surface area contributed by atoms with Crippen LogP contribution in [0.4, 0.5) is 0 Å². The van der Waals surface area contributed by atoms with Crippen LogP contribution in [-0.4, -0.2) is 55.8 Å². The van der Waals surface area contributed by atoms with Gasteiger partial charge >= 0.3 is 5.97 Å². The van der Waals surface area contributed by atoms with Gasteiger partial charge in [0.2, 0.25) is 0 Å². The van der Waals surface area contributed by atoms with Crippen molar-refractivity contribution in [2.24, 2.45) is 0 Å². The fourth-order valence-corrected chi connectivity index (χ4v) is 3.68. The molecule has 0 spiro atoms. The minimum atomic E-state index is -0.202. The molecule has 3 heterocycles. The van der Waals surface area contributed by atoms with E-state index in [9.17, 15) is 4.79 Å². The molecule has 3 atom stereocenters. The Labute approximate surface area is 130 Å². The highest BCUT2D eigenvalue weighted by molar-refractivity contribution is 5.92. The summed E-state index contributed by atoms with van der Waals surface area (Å²) in [6, 6.07) is 6.55. The van der Waals surface area contributed by atoms with Crippen LogP contribution >= 0.6 is 0 Å². The van der Waals surface area contributed by atoms with Gasteiger partial charge in [-0.2, -0.15) is 0 Å². The second-order valence-corrected chi connectivity index (χ2v) is 6.51. The van der Waals surface area contributed by atoms with E-state index in [1.165, 1.54) is 5.56 Å². The molecule has 1 N–H and O–H groups in total. The molecule has 1 aromatic rings. The number of benzene rings is 1. The number of rotatable bonds is 1. The lowest BCUT2D eigenvalue weighted by Gasteiger charge is -2.42. The third kappa shape index (κ3) is 2.53. The number of carbonyl (C=O) groups excluding carboxylic acids is 1. The molecule has 3 aliphatic heterocycles. The minimum absolute atomic E-state index is 0.0416. The fraction of sp³-hybridized carbons (Fsp3) is 0.588. The first-order valence-corrected chi connectivity index (χ1v) is 8.11. The molecule has 0 radical (unpaired) electrons. The van der Waals surface area contributed by atoms with E-state index in [2.05, 4.69) is 16.3 Å². The van der Waals surface area contributed by atoms with Crippen molar-refractivity contribution in [1.82, 2.24) is 10.2 Å². The number of carbonyl (C=O) groups is 1. The third-order valence-electron chi connectivity index (χ3n) is 4.90. The molecule has 0 aromatic heterocycles. The summed E-state index contributed by atoms with van der Waals surface area (Å²) in [7, 11) is 0. The first-order chi connectivity index (χ1) is 10.7. The summed E-state index contributed by atoms with van der Waals surface area (Å²) in [5.74, 6) is -0.202. The summed E-state index contributed by atoms with van der Waals surface area (Å²) in [5, 5.41) is 3.42. The van der Waals surface area contributed by atoms with Gasteiger partial charge in [0.15, 0.2) is 0 Å². The lowest BCUT2D eigenvalue weighted by molar-refractivity contribution is -0.0718. The van der Waals surface area contributed by atoms with Crippen molar-refractivity contribution < 1.29 is 14.3 Å². The van der Waals surface area contributed by atoms with E-state index in [4.69, 9.17) is 9.47 Å². The molecule has 2 fully saturated rings. The average Bonchev–Trinajstić information content (AvgIpc) is 2.53. The summed E-state index contributed by atoms with van der Waals surface area (Å²) >= 11 is 0. The molecule has 0 bridgehead atoms. The summed E-state index contributed by atoms with van der Waals surface area (Å²) < 4.78 is 11.4. The van der Waals surface area contributed by atoms with Gasteiger partial charge in [0.25, 0.3) is 0 Å². The Balaban J connectivity index is 1.56. The largest absolute Gasteiger partial charge is 0.459 e. The maximum absolute atomic E-state index is 11.9. The summed E-state index contributed by atoms with van der Waals surface area (Å²) in [5.41, 5.74) is 2.97. The maximum atomic E-state index is 11.9. The maximum Gasteiger partial charge on any atom is 0.338 e. The number of fused-ring (bicyclic) bond motifs is 2. The van der Waals surface area contributed by atoms with Crippen molar-refractivity contribution in [3.63, 3.8) is 0 Å². The van der Waals surface area contributed by atoms with Crippen LogP contribution in [0.1, 0.15) is 34.5 Å². The van der Waals surface area contributed by atoms with Crippen LogP contribution in [0, 0.1) is 0 Å². The van der Waals surface area contributed by atoms with Gasteiger partial charge in [-0.3, -0.25) is 4.90 Å². The number of hydrogen-bond donors (Lipinski definition) is 1. The topological polar surface area (TPSA) is 50.8 Å². The van der Waals surface area contributed by atoms with Crippen molar-refractivity contribution >= 4 is 5.97 Å². The number of morpholine rings is 1. The van der Waals surface area contributed by atoms with Crippen molar-refractivity contribution in [2.75, 3.05) is 32.8 Å². The predicted molar refractivity (Wildman–Crippen MR) is 81.9 cm³/mol. The van der Waals surface area contributed by atoms with Gasteiger partial charge in [-0.15, -0.1) is 0 Å². The van der Waals surface area contributed by atoms with Gasteiger partial charge in [0.05, 0.1) is 18.3 Å². The highest BCUT2D eigenvalue weighted by Gasteiger charge is 2.32. The van der Waals surface area contributed by atoms with Crippen LogP contribution in [0.15, 0.2) is 18.2 Å². The third-order valence-corrected chi connectivity index (χ3v) is 4.90. The Morgan fingerprint density at radius 1 is 1.36 bits per heavy atom. The number of cyclic esters (lactones) is 1. The van der Waals surface area contributed by atoms with Crippen LogP contribution in [0.25, 0.3) is 0 Å². The molecule has 5 heteroatoms. The highest BCUT2D eigenvalue weighted by Crippen LogP contribution is 2.29. The molecule has 5 nitrogen and oxygen atoms in total. The number of nitrogens with zero attached hydrogens (tertiary/aromatic N) is 1. The van der Waals surface area contributed by atoms with Gasteiger partial charge in [-0.05, 0) is 24.1 Å². The van der Waals surface area contributed by atoms with E-state index in [1.807, 2.05) is 19.1 Å². The molecule has 0 saturated carbocycles. The van der Waals surface area contributed by atoms with Crippen molar-refractivity contribution in [2.45, 2.75) is 31.6 Å². The first kappa shape index (κ1) is 14.2. The zero-order valence-corrected chi connectivity index (χ0v) is 12.9. The van der Waals surface area contributed by atoms with Crippen molar-refractivity contribution in [3.05, 3.63) is 34.9 Å². The quantitative estimate of drug-likeness (QED) is 0.788. The number of hydrogen-bond acceptors (Lipinski definition) is 5. The minimum Gasteiger partial charge on any atom is -0.459 e. The predicted octanol–water partition coefficient (Wildman–Crippen LogP) is 1.13. The zero-order valence-electron chi connectivity index (χ0n) is 12.9. The summed E-state index contributed by atoms with van der Waals surface area (Å²) in [6.45, 7) is 6.80. The smallest absolute Gasteiger partial charge is 0.338 e. The Hall–Kier alpha value is -1.43. The molecule has 22 heavy (non-hydrogen) atoms. The van der Waals surface area contributed by atoms with E-state index in [0.29, 0.717) is 11.6 Å². The molecule has 1 unspecified atom stereocenters. The lowest BCUT2D eigenvalue weighted by Crippen LogP contribution is -2.57. The van der Waals surface area contributed by atoms with E-state index >= 15 is 0 Å². The Morgan fingerprint density at radius 3 is 3.18 bits per heavy atom. The number of piperazine rings is 1. The Bertz CT molecular complexity index is 589. The zero-order chi connectivity index (χ0) is 15.1. The van der Waals surface area contributed by atoms with E-state index in [-0.39, 0.29) is 18.2 Å². The van der Waals surface area contributed by atoms with E-state index in [0.717, 1.165) is 44.8 Å². The molecule has 4 rings (SSSR count). The van der Waals surface area contributed by atoms with Gasteiger partial charge in [-0.25, -0.2) is 4.79 Å². The molecule has 2 saturated heterocycles. The van der Waals surface area contributed by atoms with Gasteiger partial charge < -0.3 is 14.8 Å². The number of ether oxygens (including phenoxy) is 2. The second kappa shape index (κ2) is 5.65. The molecule has 118 valence electrons.